The fraction of sp³-hybridized carbons (Fsp3) is 0.208. The molecule has 2 aromatic carbocycles. The molecule has 0 unspecified atom stereocenters. The van der Waals surface area contributed by atoms with Crippen molar-refractivity contribution >= 4 is 49.7 Å². The summed E-state index contributed by atoms with van der Waals surface area (Å²) in [5.41, 5.74) is 2.92. The summed E-state index contributed by atoms with van der Waals surface area (Å²) in [4.78, 5) is 32.3. The number of nitrogens with zero attached hydrogens (tertiary/aromatic N) is 2. The van der Waals surface area contributed by atoms with E-state index in [-0.39, 0.29) is 24.2 Å². The summed E-state index contributed by atoms with van der Waals surface area (Å²) in [6.07, 6.45) is 0.693. The van der Waals surface area contributed by atoms with Crippen molar-refractivity contribution in [2.45, 2.75) is 19.9 Å². The van der Waals surface area contributed by atoms with E-state index in [1.807, 2.05) is 24.3 Å². The molecule has 0 atom stereocenters. The van der Waals surface area contributed by atoms with Crippen LogP contribution < -0.4 is 10.1 Å². The summed E-state index contributed by atoms with van der Waals surface area (Å²) in [7, 11) is 0. The lowest BCUT2D eigenvalue weighted by atomic mass is 10.0. The maximum Gasteiger partial charge on any atom is 0.262 e. The van der Waals surface area contributed by atoms with Gasteiger partial charge in [0.1, 0.15) is 10.0 Å². The number of benzene rings is 2. The van der Waals surface area contributed by atoms with Crippen LogP contribution in [0, 0.1) is 5.82 Å². The number of anilines is 1. The van der Waals surface area contributed by atoms with E-state index in [0.29, 0.717) is 24.5 Å². The lowest BCUT2D eigenvalue weighted by Crippen LogP contribution is -2.33. The van der Waals surface area contributed by atoms with Gasteiger partial charge in [-0.2, -0.15) is 0 Å². The standard InChI is InChI=1S/C24H20FN3O3S2/c1-14(29)28-11-10-15-20(12-28)33-24(22(15)23-26-17-7-3-5-9-19(17)32-23)27-21(30)13-31-18-8-4-2-6-16(18)25/h2-9H,10-13H2,1H3,(H,27,30). The molecule has 0 saturated heterocycles. The maximum absolute atomic E-state index is 13.8. The number of hydrogen-bond donors (Lipinski definition) is 1. The van der Waals surface area contributed by atoms with Crippen LogP contribution in [-0.4, -0.2) is 34.8 Å². The SMILES string of the molecule is CC(=O)N1CCc2c(sc(NC(=O)COc3ccccc3F)c2-c2nc3ccccc3s2)C1. The van der Waals surface area contributed by atoms with Gasteiger partial charge in [-0.05, 0) is 36.2 Å². The van der Waals surface area contributed by atoms with Gasteiger partial charge in [0.05, 0.1) is 16.8 Å². The topological polar surface area (TPSA) is 71.5 Å². The highest BCUT2D eigenvalue weighted by Crippen LogP contribution is 2.45. The predicted molar refractivity (Wildman–Crippen MR) is 128 cm³/mol. The van der Waals surface area contributed by atoms with E-state index in [4.69, 9.17) is 9.72 Å². The zero-order valence-electron chi connectivity index (χ0n) is 17.8. The Bertz CT molecular complexity index is 1330. The first kappa shape index (κ1) is 21.5. The zero-order chi connectivity index (χ0) is 22.9. The summed E-state index contributed by atoms with van der Waals surface area (Å²) in [5, 5.41) is 4.44. The zero-order valence-corrected chi connectivity index (χ0v) is 19.4. The molecule has 0 radical (unpaired) electrons. The Hall–Kier alpha value is -3.30. The van der Waals surface area contributed by atoms with Crippen LogP contribution in [0.5, 0.6) is 5.75 Å². The average Bonchev–Trinajstić information content (AvgIpc) is 3.38. The largest absolute Gasteiger partial charge is 0.481 e. The summed E-state index contributed by atoms with van der Waals surface area (Å²) in [6.45, 7) is 2.38. The number of aromatic nitrogens is 1. The number of hydrogen-bond acceptors (Lipinski definition) is 6. The van der Waals surface area contributed by atoms with Crippen molar-refractivity contribution in [1.29, 1.82) is 0 Å². The monoisotopic (exact) mass is 481 g/mol. The summed E-state index contributed by atoms with van der Waals surface area (Å²) < 4.78 is 20.2. The Morgan fingerprint density at radius 3 is 2.73 bits per heavy atom. The van der Waals surface area contributed by atoms with E-state index < -0.39 is 5.82 Å². The highest BCUT2D eigenvalue weighted by molar-refractivity contribution is 7.22. The normalized spacial score (nSPS) is 13.1. The quantitative estimate of drug-likeness (QED) is 0.431. The number of amides is 2. The second kappa shape index (κ2) is 8.92. The summed E-state index contributed by atoms with van der Waals surface area (Å²) in [6, 6.07) is 13.9. The molecule has 0 bridgehead atoms. The van der Waals surface area contributed by atoms with Crippen LogP contribution in [0.25, 0.3) is 20.8 Å². The summed E-state index contributed by atoms with van der Waals surface area (Å²) in [5.74, 6) is -0.847. The first-order valence-corrected chi connectivity index (χ1v) is 12.1. The lowest BCUT2D eigenvalue weighted by molar-refractivity contribution is -0.129. The molecule has 0 fully saturated rings. The van der Waals surface area contributed by atoms with Crippen LogP contribution >= 0.6 is 22.7 Å². The van der Waals surface area contributed by atoms with E-state index >= 15 is 0 Å². The molecule has 1 aliphatic heterocycles. The number of carbonyl (C=O) groups is 2. The van der Waals surface area contributed by atoms with Crippen molar-refractivity contribution in [3.8, 4) is 16.3 Å². The van der Waals surface area contributed by atoms with Crippen molar-refractivity contribution in [2.24, 2.45) is 0 Å². The maximum atomic E-state index is 13.8. The molecule has 5 rings (SSSR count). The van der Waals surface area contributed by atoms with Gasteiger partial charge in [0, 0.05) is 23.9 Å². The molecule has 4 aromatic rings. The van der Waals surface area contributed by atoms with Crippen molar-refractivity contribution < 1.29 is 18.7 Å². The van der Waals surface area contributed by atoms with E-state index in [0.717, 1.165) is 31.2 Å². The van der Waals surface area contributed by atoms with Crippen LogP contribution in [0.15, 0.2) is 48.5 Å². The number of carbonyl (C=O) groups excluding carboxylic acids is 2. The van der Waals surface area contributed by atoms with Gasteiger partial charge in [0.2, 0.25) is 5.91 Å². The van der Waals surface area contributed by atoms with Crippen LogP contribution in [-0.2, 0) is 22.6 Å². The first-order valence-electron chi connectivity index (χ1n) is 10.4. The highest BCUT2D eigenvalue weighted by atomic mass is 32.1. The Morgan fingerprint density at radius 2 is 1.94 bits per heavy atom. The smallest absolute Gasteiger partial charge is 0.262 e. The van der Waals surface area contributed by atoms with Crippen LogP contribution in [0.4, 0.5) is 9.39 Å². The van der Waals surface area contributed by atoms with Crippen molar-refractivity contribution in [2.75, 3.05) is 18.5 Å². The number of halogens is 1. The number of thiophene rings is 1. The number of rotatable bonds is 5. The Labute approximate surface area is 197 Å². The third-order valence-corrected chi connectivity index (χ3v) is 7.64. The van der Waals surface area contributed by atoms with Crippen molar-refractivity contribution in [1.82, 2.24) is 9.88 Å². The molecule has 3 heterocycles. The van der Waals surface area contributed by atoms with Gasteiger partial charge >= 0.3 is 0 Å². The molecule has 168 valence electrons. The minimum absolute atomic E-state index is 0.0273. The first-order chi connectivity index (χ1) is 16.0. The third kappa shape index (κ3) is 4.34. The molecule has 0 aliphatic carbocycles. The molecule has 6 nitrogen and oxygen atoms in total. The number of fused-ring (bicyclic) bond motifs is 2. The van der Waals surface area contributed by atoms with E-state index in [9.17, 15) is 14.0 Å². The fourth-order valence-electron chi connectivity index (χ4n) is 3.83. The molecule has 2 amide bonds. The number of nitrogens with one attached hydrogen (secondary N) is 1. The van der Waals surface area contributed by atoms with E-state index in [1.165, 1.54) is 23.5 Å². The summed E-state index contributed by atoms with van der Waals surface area (Å²) >= 11 is 3.02. The van der Waals surface area contributed by atoms with Crippen LogP contribution in [0.1, 0.15) is 17.4 Å². The van der Waals surface area contributed by atoms with Crippen molar-refractivity contribution in [3.63, 3.8) is 0 Å². The van der Waals surface area contributed by atoms with Gasteiger partial charge in [0.25, 0.3) is 5.91 Å². The molecule has 0 spiro atoms. The molecule has 1 N–H and O–H groups in total. The molecule has 33 heavy (non-hydrogen) atoms. The van der Waals surface area contributed by atoms with Gasteiger partial charge in [-0.15, -0.1) is 22.7 Å². The predicted octanol–water partition coefficient (Wildman–Crippen LogP) is 5.09. The van der Waals surface area contributed by atoms with Crippen LogP contribution in [0.3, 0.4) is 0 Å². The van der Waals surface area contributed by atoms with Gasteiger partial charge in [0.15, 0.2) is 18.2 Å². The minimum atomic E-state index is -0.517. The minimum Gasteiger partial charge on any atom is -0.481 e. The van der Waals surface area contributed by atoms with Gasteiger partial charge in [-0.3, -0.25) is 9.59 Å². The Kier molecular flexibility index (Phi) is 5.82. The number of ether oxygens (including phenoxy) is 1. The molecule has 2 aromatic heterocycles. The fourth-order valence-corrected chi connectivity index (χ4v) is 6.22. The van der Waals surface area contributed by atoms with Gasteiger partial charge in [-0.25, -0.2) is 9.37 Å². The second-order valence-corrected chi connectivity index (χ2v) is 9.79. The second-order valence-electron chi connectivity index (χ2n) is 7.65. The Balaban J connectivity index is 1.46. The molecule has 0 saturated carbocycles. The third-order valence-electron chi connectivity index (χ3n) is 5.46. The number of thiazole rings is 1. The molecular weight excluding hydrogens is 461 g/mol. The Morgan fingerprint density at radius 1 is 1.15 bits per heavy atom. The molecule has 9 heteroatoms. The number of para-hydroxylation sites is 2. The average molecular weight is 482 g/mol. The highest BCUT2D eigenvalue weighted by Gasteiger charge is 2.28. The van der Waals surface area contributed by atoms with Gasteiger partial charge < -0.3 is 15.0 Å². The van der Waals surface area contributed by atoms with Gasteiger partial charge in [-0.1, -0.05) is 24.3 Å². The lowest BCUT2D eigenvalue weighted by Gasteiger charge is -2.26. The van der Waals surface area contributed by atoms with E-state index in [1.54, 1.807) is 35.3 Å². The molecule has 1 aliphatic rings. The van der Waals surface area contributed by atoms with E-state index in [2.05, 4.69) is 5.32 Å². The molecular formula is C24H20FN3O3S2. The van der Waals surface area contributed by atoms with Crippen LogP contribution in [0.2, 0.25) is 0 Å². The van der Waals surface area contributed by atoms with Crippen molar-refractivity contribution in [3.05, 3.63) is 64.8 Å².